The minimum atomic E-state index is 0.714. The maximum absolute atomic E-state index is 3.32. The Morgan fingerprint density at radius 2 is 2.10 bits per heavy atom. The number of likely N-dealkylation sites (tertiary alicyclic amines) is 1. The molecule has 2 nitrogen and oxygen atoms in total. The van der Waals surface area contributed by atoms with Crippen LogP contribution < -0.4 is 5.32 Å². The molecule has 2 unspecified atom stereocenters. The summed E-state index contributed by atoms with van der Waals surface area (Å²) in [5.74, 6) is 0.836. The van der Waals surface area contributed by atoms with Crippen LogP contribution in [0.4, 0.5) is 0 Å². The minimum Gasteiger partial charge on any atom is -0.315 e. The van der Waals surface area contributed by atoms with E-state index in [-0.39, 0.29) is 0 Å². The molecule has 0 aliphatic carbocycles. The molecule has 0 amide bonds. The molecule has 3 rings (SSSR count). The number of nitrogens with zero attached hydrogens (tertiary/aromatic N) is 1. The fourth-order valence-electron chi connectivity index (χ4n) is 3.44. The predicted molar refractivity (Wildman–Crippen MR) is 88.2 cm³/mol. The molecule has 1 saturated heterocycles. The molecule has 1 fully saturated rings. The zero-order valence-corrected chi connectivity index (χ0v) is 13.5. The standard InChI is InChI=1S/C17H24N2S/c1-12-8-13(2)19(10-12)11-15-14-6-4-5-7-16(14)20-17(15)9-18-3/h4-7,12-13,18H,8-11H2,1-3H3. The monoisotopic (exact) mass is 288 g/mol. The maximum atomic E-state index is 3.32. The van der Waals surface area contributed by atoms with Crippen molar-refractivity contribution in [1.82, 2.24) is 10.2 Å². The molecule has 2 aromatic rings. The van der Waals surface area contributed by atoms with Crippen molar-refractivity contribution in [3.63, 3.8) is 0 Å². The lowest BCUT2D eigenvalue weighted by Crippen LogP contribution is -2.27. The zero-order valence-electron chi connectivity index (χ0n) is 12.6. The lowest BCUT2D eigenvalue weighted by Gasteiger charge is -2.21. The molecule has 20 heavy (non-hydrogen) atoms. The van der Waals surface area contributed by atoms with Gasteiger partial charge in [-0.1, -0.05) is 25.1 Å². The third-order valence-corrected chi connectivity index (χ3v) is 5.61. The Balaban J connectivity index is 1.94. The molecule has 2 atom stereocenters. The second-order valence-corrected chi connectivity index (χ2v) is 7.29. The highest BCUT2D eigenvalue weighted by Crippen LogP contribution is 2.34. The fraction of sp³-hybridized carbons (Fsp3) is 0.529. The number of rotatable bonds is 4. The van der Waals surface area contributed by atoms with Crippen LogP contribution in [0, 0.1) is 5.92 Å². The minimum absolute atomic E-state index is 0.714. The highest BCUT2D eigenvalue weighted by Gasteiger charge is 2.27. The van der Waals surface area contributed by atoms with E-state index in [9.17, 15) is 0 Å². The van der Waals surface area contributed by atoms with Gasteiger partial charge in [0.25, 0.3) is 0 Å². The van der Waals surface area contributed by atoms with Gasteiger partial charge in [-0.05, 0) is 43.3 Å². The van der Waals surface area contributed by atoms with E-state index in [1.54, 1.807) is 5.56 Å². The second-order valence-electron chi connectivity index (χ2n) is 6.15. The fourth-order valence-corrected chi connectivity index (χ4v) is 4.66. The number of hydrogen-bond donors (Lipinski definition) is 1. The van der Waals surface area contributed by atoms with Crippen LogP contribution in [0.5, 0.6) is 0 Å². The summed E-state index contributed by atoms with van der Waals surface area (Å²) < 4.78 is 1.42. The van der Waals surface area contributed by atoms with Crippen molar-refractivity contribution in [2.45, 2.75) is 39.4 Å². The quantitative estimate of drug-likeness (QED) is 0.919. The summed E-state index contributed by atoms with van der Waals surface area (Å²) in [4.78, 5) is 4.15. The summed E-state index contributed by atoms with van der Waals surface area (Å²) >= 11 is 1.94. The van der Waals surface area contributed by atoms with Crippen molar-refractivity contribution in [1.29, 1.82) is 0 Å². The summed E-state index contributed by atoms with van der Waals surface area (Å²) in [5, 5.41) is 4.78. The third-order valence-electron chi connectivity index (χ3n) is 4.39. The summed E-state index contributed by atoms with van der Waals surface area (Å²) in [5.41, 5.74) is 1.54. The van der Waals surface area contributed by atoms with Gasteiger partial charge in [-0.3, -0.25) is 4.90 Å². The first kappa shape index (κ1) is 14.1. The van der Waals surface area contributed by atoms with Gasteiger partial charge in [-0.2, -0.15) is 0 Å². The van der Waals surface area contributed by atoms with E-state index in [0.29, 0.717) is 6.04 Å². The molecule has 1 aliphatic heterocycles. The average Bonchev–Trinajstić information content (AvgIpc) is 2.92. The Kier molecular flexibility index (Phi) is 4.11. The predicted octanol–water partition coefficient (Wildman–Crippen LogP) is 3.85. The van der Waals surface area contributed by atoms with E-state index >= 15 is 0 Å². The first-order valence-electron chi connectivity index (χ1n) is 7.57. The van der Waals surface area contributed by atoms with Gasteiger partial charge in [-0.15, -0.1) is 11.3 Å². The first-order chi connectivity index (χ1) is 9.69. The van der Waals surface area contributed by atoms with Crippen molar-refractivity contribution in [3.8, 4) is 0 Å². The van der Waals surface area contributed by atoms with Crippen LogP contribution in [0.3, 0.4) is 0 Å². The summed E-state index contributed by atoms with van der Waals surface area (Å²) in [6, 6.07) is 9.55. The Morgan fingerprint density at radius 1 is 1.30 bits per heavy atom. The molecule has 0 bridgehead atoms. The van der Waals surface area contributed by atoms with E-state index in [4.69, 9.17) is 0 Å². The van der Waals surface area contributed by atoms with E-state index in [0.717, 1.165) is 19.0 Å². The van der Waals surface area contributed by atoms with E-state index in [1.807, 2.05) is 18.4 Å². The van der Waals surface area contributed by atoms with Crippen LogP contribution in [-0.4, -0.2) is 24.5 Å². The number of nitrogens with one attached hydrogen (secondary N) is 1. The van der Waals surface area contributed by atoms with Crippen LogP contribution in [0.25, 0.3) is 10.1 Å². The van der Waals surface area contributed by atoms with Crippen molar-refractivity contribution in [2.24, 2.45) is 5.92 Å². The molecule has 3 heteroatoms. The molecule has 1 aliphatic rings. The SMILES string of the molecule is CNCc1sc2ccccc2c1CN1CC(C)CC1C. The molecule has 0 saturated carbocycles. The van der Waals surface area contributed by atoms with Crippen LogP contribution in [0.1, 0.15) is 30.7 Å². The lowest BCUT2D eigenvalue weighted by atomic mass is 10.1. The molecule has 0 radical (unpaired) electrons. The Bertz CT molecular complexity index is 590. The third kappa shape index (κ3) is 2.62. The van der Waals surface area contributed by atoms with Gasteiger partial charge in [0.15, 0.2) is 0 Å². The van der Waals surface area contributed by atoms with E-state index in [2.05, 4.69) is 48.3 Å². The maximum Gasteiger partial charge on any atom is 0.0349 e. The number of thiophene rings is 1. The molecular formula is C17H24N2S. The largest absolute Gasteiger partial charge is 0.315 e. The van der Waals surface area contributed by atoms with Crippen LogP contribution in [0.2, 0.25) is 0 Å². The summed E-state index contributed by atoms with van der Waals surface area (Å²) in [7, 11) is 2.04. The van der Waals surface area contributed by atoms with Crippen molar-refractivity contribution in [2.75, 3.05) is 13.6 Å². The van der Waals surface area contributed by atoms with Gasteiger partial charge in [0, 0.05) is 35.3 Å². The molecule has 1 aromatic carbocycles. The normalized spacial score (nSPS) is 23.8. The highest BCUT2D eigenvalue weighted by molar-refractivity contribution is 7.19. The van der Waals surface area contributed by atoms with Gasteiger partial charge >= 0.3 is 0 Å². The molecule has 2 heterocycles. The van der Waals surface area contributed by atoms with Crippen molar-refractivity contribution < 1.29 is 0 Å². The van der Waals surface area contributed by atoms with Crippen LogP contribution in [-0.2, 0) is 13.1 Å². The Labute approximate surface area is 125 Å². The van der Waals surface area contributed by atoms with Gasteiger partial charge < -0.3 is 5.32 Å². The van der Waals surface area contributed by atoms with Gasteiger partial charge in [0.2, 0.25) is 0 Å². The van der Waals surface area contributed by atoms with Crippen molar-refractivity contribution in [3.05, 3.63) is 34.7 Å². The summed E-state index contributed by atoms with van der Waals surface area (Å²) in [6.45, 7) is 8.07. The van der Waals surface area contributed by atoms with Crippen molar-refractivity contribution >= 4 is 21.4 Å². The second kappa shape index (κ2) is 5.84. The van der Waals surface area contributed by atoms with Gasteiger partial charge in [-0.25, -0.2) is 0 Å². The molecule has 0 spiro atoms. The topological polar surface area (TPSA) is 15.3 Å². The Morgan fingerprint density at radius 3 is 2.80 bits per heavy atom. The molecule has 108 valence electrons. The van der Waals surface area contributed by atoms with Crippen LogP contribution in [0.15, 0.2) is 24.3 Å². The summed E-state index contributed by atoms with van der Waals surface area (Å²) in [6.07, 6.45) is 1.34. The first-order valence-corrected chi connectivity index (χ1v) is 8.38. The van der Waals surface area contributed by atoms with E-state index in [1.165, 1.54) is 27.9 Å². The van der Waals surface area contributed by atoms with Gasteiger partial charge in [0.1, 0.15) is 0 Å². The lowest BCUT2D eigenvalue weighted by molar-refractivity contribution is 0.257. The highest BCUT2D eigenvalue weighted by atomic mass is 32.1. The number of fused-ring (bicyclic) bond motifs is 1. The molecular weight excluding hydrogens is 264 g/mol. The van der Waals surface area contributed by atoms with Gasteiger partial charge in [0.05, 0.1) is 0 Å². The smallest absolute Gasteiger partial charge is 0.0349 e. The number of hydrogen-bond acceptors (Lipinski definition) is 3. The van der Waals surface area contributed by atoms with E-state index < -0.39 is 0 Å². The Hall–Kier alpha value is -0.900. The zero-order chi connectivity index (χ0) is 14.1. The average molecular weight is 288 g/mol. The number of benzene rings is 1. The molecule has 1 N–H and O–H groups in total. The van der Waals surface area contributed by atoms with Crippen LogP contribution >= 0.6 is 11.3 Å². The molecule has 1 aromatic heterocycles.